The summed E-state index contributed by atoms with van der Waals surface area (Å²) < 4.78 is 30.3. The summed E-state index contributed by atoms with van der Waals surface area (Å²) >= 11 is 0. The van der Waals surface area contributed by atoms with Gasteiger partial charge in [0.1, 0.15) is 26.4 Å². The number of rotatable bonds is 21. The van der Waals surface area contributed by atoms with E-state index in [0.29, 0.717) is 48.4 Å². The Kier molecular flexibility index (Phi) is 19.1. The number of hydrogen-bond acceptors (Lipinski definition) is 12. The summed E-state index contributed by atoms with van der Waals surface area (Å²) in [5.41, 5.74) is 6.77. The normalized spacial score (nSPS) is 10.3. The molecule has 326 valence electrons. The highest BCUT2D eigenvalue weighted by molar-refractivity contribution is 5.88. The predicted octanol–water partition coefficient (Wildman–Crippen LogP) is 8.78. The number of anilines is 4. The SMILES string of the molecule is C=C(C)C(=O)OCCOC(=O)Nc1ccc(Cc2ccc(NC(=O)OCCCCOC(=O)Nc3ccc(Cc4ccc(NC(=O)OCCOC(=O)C(=C)C)cc4)cc3)cc2)cc1. The van der Waals surface area contributed by atoms with Crippen molar-refractivity contribution in [2.24, 2.45) is 0 Å². The van der Waals surface area contributed by atoms with Crippen molar-refractivity contribution in [1.82, 2.24) is 0 Å². The fraction of sp³-hybridized carbons (Fsp3) is 0.261. The first kappa shape index (κ1) is 47.1. The minimum Gasteiger partial charge on any atom is -0.459 e. The van der Waals surface area contributed by atoms with E-state index >= 15 is 0 Å². The number of hydrogen-bond donors (Lipinski definition) is 4. The first-order valence-electron chi connectivity index (χ1n) is 19.6. The van der Waals surface area contributed by atoms with Crippen molar-refractivity contribution in [2.75, 3.05) is 60.9 Å². The second-order valence-electron chi connectivity index (χ2n) is 13.7. The van der Waals surface area contributed by atoms with Gasteiger partial charge in [-0.25, -0.2) is 28.8 Å². The Morgan fingerprint density at radius 3 is 0.839 bits per heavy atom. The Morgan fingerprint density at radius 2 is 0.597 bits per heavy atom. The molecular weight excluding hydrogens is 801 g/mol. The van der Waals surface area contributed by atoms with Crippen molar-refractivity contribution in [2.45, 2.75) is 39.5 Å². The largest absolute Gasteiger partial charge is 0.459 e. The summed E-state index contributed by atoms with van der Waals surface area (Å²) in [5, 5.41) is 10.6. The molecule has 0 unspecified atom stereocenters. The number of benzene rings is 4. The zero-order valence-corrected chi connectivity index (χ0v) is 34.6. The van der Waals surface area contributed by atoms with Gasteiger partial charge in [-0.15, -0.1) is 0 Å². The summed E-state index contributed by atoms with van der Waals surface area (Å²) in [5.74, 6) is -1.09. The first-order valence-corrected chi connectivity index (χ1v) is 19.6. The van der Waals surface area contributed by atoms with Crippen LogP contribution in [0.25, 0.3) is 0 Å². The molecule has 4 amide bonds. The molecule has 4 rings (SSSR count). The lowest BCUT2D eigenvalue weighted by Gasteiger charge is -2.10. The number of carbonyl (C=O) groups is 6. The second kappa shape index (κ2) is 25.1. The third-order valence-corrected chi connectivity index (χ3v) is 8.42. The van der Waals surface area contributed by atoms with Crippen molar-refractivity contribution >= 4 is 59.1 Å². The van der Waals surface area contributed by atoms with Crippen LogP contribution in [0.2, 0.25) is 0 Å². The molecule has 0 bridgehead atoms. The van der Waals surface area contributed by atoms with Crippen LogP contribution >= 0.6 is 0 Å². The smallest absolute Gasteiger partial charge is 0.411 e. The third-order valence-electron chi connectivity index (χ3n) is 8.42. The fourth-order valence-corrected chi connectivity index (χ4v) is 5.23. The van der Waals surface area contributed by atoms with Gasteiger partial charge in [-0.2, -0.15) is 0 Å². The minimum atomic E-state index is -0.669. The summed E-state index contributed by atoms with van der Waals surface area (Å²) in [6.45, 7) is 10.00. The monoisotopic (exact) mass is 850 g/mol. The van der Waals surface area contributed by atoms with Gasteiger partial charge in [0.25, 0.3) is 0 Å². The zero-order chi connectivity index (χ0) is 44.7. The van der Waals surface area contributed by atoms with E-state index in [-0.39, 0.29) is 50.8 Å². The van der Waals surface area contributed by atoms with Gasteiger partial charge in [0.2, 0.25) is 0 Å². The average Bonchev–Trinajstić information content (AvgIpc) is 3.25. The molecule has 4 aromatic rings. The topological polar surface area (TPSA) is 206 Å². The molecule has 4 aromatic carbocycles. The highest BCUT2D eigenvalue weighted by Crippen LogP contribution is 2.18. The number of esters is 2. The average molecular weight is 851 g/mol. The molecule has 0 aliphatic rings. The Hall–Kier alpha value is -7.62. The van der Waals surface area contributed by atoms with Crippen LogP contribution < -0.4 is 21.3 Å². The standard InChI is InChI=1S/C46H50N4O12/c1-31(2)41(51)57-25-27-61-45(55)49-39-19-11-35(12-20-39)29-33-7-15-37(16-8-33)47-43(53)59-23-5-6-24-60-44(54)48-38-17-9-34(10-18-38)30-36-13-21-40(22-14-36)50-46(56)62-28-26-58-42(52)32(3)4/h7-22H,1,3,5-6,23-30H2,2,4H3,(H,47,53)(H,48,54)(H,49,55)(H,50,56). The molecule has 16 nitrogen and oxygen atoms in total. The maximum absolute atomic E-state index is 12.3. The summed E-state index contributed by atoms with van der Waals surface area (Å²) in [6.07, 6.45) is -0.304. The van der Waals surface area contributed by atoms with Crippen LogP contribution in [0, 0.1) is 0 Å². The van der Waals surface area contributed by atoms with Gasteiger partial charge in [-0.1, -0.05) is 61.7 Å². The number of ether oxygens (including phenoxy) is 6. The number of nitrogens with one attached hydrogen (secondary N) is 4. The van der Waals surface area contributed by atoms with E-state index in [0.717, 1.165) is 22.3 Å². The van der Waals surface area contributed by atoms with Crippen LogP contribution in [0.1, 0.15) is 48.9 Å². The van der Waals surface area contributed by atoms with Crippen molar-refractivity contribution in [1.29, 1.82) is 0 Å². The summed E-state index contributed by atoms with van der Waals surface area (Å²) in [7, 11) is 0. The molecule has 0 saturated heterocycles. The van der Waals surface area contributed by atoms with E-state index in [1.165, 1.54) is 13.8 Å². The second-order valence-corrected chi connectivity index (χ2v) is 13.7. The Balaban J connectivity index is 1.03. The van der Waals surface area contributed by atoms with Crippen LogP contribution in [-0.2, 0) is 50.9 Å². The maximum atomic E-state index is 12.3. The molecule has 0 heterocycles. The summed E-state index contributed by atoms with van der Waals surface area (Å²) in [6, 6.07) is 29.1. The van der Waals surface area contributed by atoms with E-state index in [9.17, 15) is 28.8 Å². The molecular formula is C46H50N4O12. The molecule has 0 fully saturated rings. The molecule has 0 saturated carbocycles. The lowest BCUT2D eigenvalue weighted by atomic mass is 10.0. The lowest BCUT2D eigenvalue weighted by Crippen LogP contribution is -2.18. The highest BCUT2D eigenvalue weighted by atomic mass is 16.6. The zero-order valence-electron chi connectivity index (χ0n) is 34.6. The van der Waals surface area contributed by atoms with Crippen molar-refractivity contribution in [3.63, 3.8) is 0 Å². The number of carbonyl (C=O) groups excluding carboxylic acids is 6. The van der Waals surface area contributed by atoms with Crippen LogP contribution in [-0.4, -0.2) is 76.0 Å². The van der Waals surface area contributed by atoms with Gasteiger partial charge in [-0.05, 0) is 110 Å². The fourth-order valence-electron chi connectivity index (χ4n) is 5.23. The predicted molar refractivity (Wildman–Crippen MR) is 232 cm³/mol. The quantitative estimate of drug-likeness (QED) is 0.0269. The first-order chi connectivity index (χ1) is 29.8. The molecule has 0 atom stereocenters. The van der Waals surface area contributed by atoms with Crippen molar-refractivity contribution < 1.29 is 57.2 Å². The summed E-state index contributed by atoms with van der Waals surface area (Å²) in [4.78, 5) is 71.3. The maximum Gasteiger partial charge on any atom is 0.411 e. The molecule has 0 radical (unpaired) electrons. The van der Waals surface area contributed by atoms with Crippen LogP contribution in [0.4, 0.5) is 41.9 Å². The lowest BCUT2D eigenvalue weighted by molar-refractivity contribution is -0.140. The van der Waals surface area contributed by atoms with Crippen molar-refractivity contribution in [3.05, 3.63) is 144 Å². The molecule has 16 heteroatoms. The number of unbranched alkanes of at least 4 members (excludes halogenated alkanes) is 1. The Labute approximate surface area is 359 Å². The van der Waals surface area contributed by atoms with Crippen molar-refractivity contribution in [3.8, 4) is 0 Å². The van der Waals surface area contributed by atoms with E-state index in [1.807, 2.05) is 48.5 Å². The van der Waals surface area contributed by atoms with Gasteiger partial charge < -0.3 is 28.4 Å². The van der Waals surface area contributed by atoms with Crippen LogP contribution in [0.3, 0.4) is 0 Å². The van der Waals surface area contributed by atoms with E-state index in [4.69, 9.17) is 28.4 Å². The van der Waals surface area contributed by atoms with E-state index < -0.39 is 36.3 Å². The van der Waals surface area contributed by atoms with Crippen LogP contribution in [0.15, 0.2) is 121 Å². The Bertz CT molecular complexity index is 2000. The van der Waals surface area contributed by atoms with E-state index in [1.54, 1.807) is 48.5 Å². The molecule has 4 N–H and O–H groups in total. The van der Waals surface area contributed by atoms with E-state index in [2.05, 4.69) is 34.4 Å². The third kappa shape index (κ3) is 18.1. The molecule has 0 spiro atoms. The van der Waals surface area contributed by atoms with Crippen LogP contribution in [0.5, 0.6) is 0 Å². The van der Waals surface area contributed by atoms with Gasteiger partial charge in [-0.3, -0.25) is 21.3 Å². The molecule has 62 heavy (non-hydrogen) atoms. The highest BCUT2D eigenvalue weighted by Gasteiger charge is 2.10. The molecule has 0 aromatic heterocycles. The minimum absolute atomic E-state index is 0.0683. The Morgan fingerprint density at radius 1 is 0.371 bits per heavy atom. The number of amides is 4. The van der Waals surface area contributed by atoms with Gasteiger partial charge in [0.15, 0.2) is 0 Å². The molecule has 0 aliphatic carbocycles. The molecule has 0 aliphatic heterocycles. The van der Waals surface area contributed by atoms with Gasteiger partial charge >= 0.3 is 36.3 Å². The van der Waals surface area contributed by atoms with Gasteiger partial charge in [0.05, 0.1) is 13.2 Å². The van der Waals surface area contributed by atoms with Gasteiger partial charge in [0, 0.05) is 33.9 Å².